The zero-order valence-electron chi connectivity index (χ0n) is 19.2. The minimum Gasteiger partial charge on any atom is -0.493 e. The van der Waals surface area contributed by atoms with Gasteiger partial charge in [-0.05, 0) is 29.8 Å². The van der Waals surface area contributed by atoms with E-state index >= 15 is 0 Å². The number of aromatic nitrogens is 6. The van der Waals surface area contributed by atoms with Gasteiger partial charge in [-0.15, -0.1) is 16.4 Å². The molecule has 3 aromatic heterocycles. The molecular formula is C24H23N7O3S. The minimum absolute atomic E-state index is 0.0993. The van der Waals surface area contributed by atoms with Crippen LogP contribution in [-0.4, -0.2) is 43.5 Å². The van der Waals surface area contributed by atoms with Crippen LogP contribution in [0.15, 0.2) is 59.7 Å². The number of nitrogen functional groups attached to an aromatic ring is 1. The van der Waals surface area contributed by atoms with Gasteiger partial charge in [0, 0.05) is 25.5 Å². The summed E-state index contributed by atoms with van der Waals surface area (Å²) in [5, 5.41) is 5.23. The summed E-state index contributed by atoms with van der Waals surface area (Å²) in [7, 11) is 3.17. The number of hydrogen-bond acceptors (Lipinski definition) is 9. The fraction of sp³-hybridized carbons (Fsp3) is 0.208. The van der Waals surface area contributed by atoms with Gasteiger partial charge in [-0.25, -0.2) is 9.97 Å². The van der Waals surface area contributed by atoms with Crippen LogP contribution in [0.1, 0.15) is 16.4 Å². The Labute approximate surface area is 204 Å². The monoisotopic (exact) mass is 489 g/mol. The fourth-order valence-electron chi connectivity index (χ4n) is 3.78. The lowest BCUT2D eigenvalue weighted by molar-refractivity contribution is 0.354. The number of methoxy groups -OCH3 is 2. The van der Waals surface area contributed by atoms with Crippen molar-refractivity contribution < 1.29 is 9.47 Å². The lowest BCUT2D eigenvalue weighted by atomic mass is 10.1. The Bertz CT molecular complexity index is 1520. The first-order valence-corrected chi connectivity index (χ1v) is 11.7. The van der Waals surface area contributed by atoms with Crippen molar-refractivity contribution in [2.45, 2.75) is 19.4 Å². The number of nitrogens with zero attached hydrogens (tertiary/aromatic N) is 6. The van der Waals surface area contributed by atoms with Gasteiger partial charge in [0.1, 0.15) is 5.82 Å². The Morgan fingerprint density at radius 1 is 1.03 bits per heavy atom. The normalized spacial score (nSPS) is 11.1. The van der Waals surface area contributed by atoms with Crippen LogP contribution < -0.4 is 20.8 Å². The van der Waals surface area contributed by atoms with Crippen LogP contribution in [0, 0.1) is 0 Å². The summed E-state index contributed by atoms with van der Waals surface area (Å²) in [6, 6.07) is 15.0. The molecule has 5 aromatic rings. The van der Waals surface area contributed by atoms with Gasteiger partial charge in [-0.2, -0.15) is 9.67 Å². The van der Waals surface area contributed by atoms with E-state index < -0.39 is 0 Å². The summed E-state index contributed by atoms with van der Waals surface area (Å²) in [6.07, 6.45) is 2.57. The van der Waals surface area contributed by atoms with Gasteiger partial charge in [0.25, 0.3) is 5.56 Å². The Hall–Kier alpha value is -4.25. The third kappa shape index (κ3) is 4.71. The Kier molecular flexibility index (Phi) is 6.15. The van der Waals surface area contributed by atoms with Gasteiger partial charge in [-0.1, -0.05) is 18.2 Å². The predicted molar refractivity (Wildman–Crippen MR) is 134 cm³/mol. The molecule has 2 aromatic carbocycles. The van der Waals surface area contributed by atoms with E-state index in [1.807, 2.05) is 42.5 Å². The van der Waals surface area contributed by atoms with E-state index in [1.165, 1.54) is 17.1 Å². The van der Waals surface area contributed by atoms with Crippen molar-refractivity contribution in [3.63, 3.8) is 0 Å². The number of rotatable bonds is 8. The Morgan fingerprint density at radius 3 is 2.63 bits per heavy atom. The molecule has 0 atom stereocenters. The van der Waals surface area contributed by atoms with Crippen LogP contribution in [0.25, 0.3) is 16.0 Å². The molecule has 0 unspecified atom stereocenters. The van der Waals surface area contributed by atoms with Gasteiger partial charge in [0.2, 0.25) is 5.95 Å². The second-order valence-corrected chi connectivity index (χ2v) is 8.88. The largest absolute Gasteiger partial charge is 0.493 e. The lowest BCUT2D eigenvalue weighted by Crippen LogP contribution is -2.22. The molecule has 10 nitrogen and oxygen atoms in total. The number of benzene rings is 2. The van der Waals surface area contributed by atoms with Gasteiger partial charge in [0.05, 0.1) is 35.8 Å². The molecule has 0 aliphatic carbocycles. The molecule has 0 spiro atoms. The SMILES string of the molecule is COc1ccc(Cc2nc(N)nn2-c2cc(=O)n(CCc3nc4ccccc4s3)cn2)cc1OC. The first-order valence-electron chi connectivity index (χ1n) is 10.9. The third-order valence-electron chi connectivity index (χ3n) is 5.49. The van der Waals surface area contributed by atoms with Crippen LogP contribution >= 0.6 is 11.3 Å². The van der Waals surface area contributed by atoms with Gasteiger partial charge >= 0.3 is 0 Å². The number of fused-ring (bicyclic) bond motifs is 1. The molecule has 0 amide bonds. The highest BCUT2D eigenvalue weighted by atomic mass is 32.1. The maximum atomic E-state index is 12.8. The van der Waals surface area contributed by atoms with Crippen LogP contribution in [0.4, 0.5) is 5.95 Å². The molecule has 0 aliphatic heterocycles. The van der Waals surface area contributed by atoms with E-state index in [4.69, 9.17) is 15.2 Å². The zero-order chi connectivity index (χ0) is 24.4. The molecule has 11 heteroatoms. The van der Waals surface area contributed by atoms with Gasteiger partial charge in [-0.3, -0.25) is 9.36 Å². The van der Waals surface area contributed by atoms with Crippen molar-refractivity contribution in [1.29, 1.82) is 0 Å². The summed E-state index contributed by atoms with van der Waals surface area (Å²) in [4.78, 5) is 26.2. The van der Waals surface area contributed by atoms with E-state index in [2.05, 4.69) is 20.1 Å². The van der Waals surface area contributed by atoms with Crippen molar-refractivity contribution in [2.24, 2.45) is 0 Å². The molecule has 0 saturated carbocycles. The second kappa shape index (κ2) is 9.55. The van der Waals surface area contributed by atoms with E-state index in [9.17, 15) is 4.79 Å². The van der Waals surface area contributed by atoms with Crippen molar-refractivity contribution in [3.05, 3.63) is 81.6 Å². The highest BCUT2D eigenvalue weighted by Crippen LogP contribution is 2.28. The van der Waals surface area contributed by atoms with Crippen LogP contribution in [0.2, 0.25) is 0 Å². The molecule has 0 saturated heterocycles. The maximum Gasteiger partial charge on any atom is 0.255 e. The molecule has 35 heavy (non-hydrogen) atoms. The third-order valence-corrected chi connectivity index (χ3v) is 6.58. The molecular weight excluding hydrogens is 466 g/mol. The Balaban J connectivity index is 1.36. The number of nitrogens with two attached hydrogens (primary N) is 1. The van der Waals surface area contributed by atoms with Crippen molar-refractivity contribution in [2.75, 3.05) is 20.0 Å². The number of ether oxygens (including phenoxy) is 2. The molecule has 3 heterocycles. The smallest absolute Gasteiger partial charge is 0.255 e. The molecule has 0 radical (unpaired) electrons. The molecule has 178 valence electrons. The molecule has 2 N–H and O–H groups in total. The predicted octanol–water partition coefficient (Wildman–Crippen LogP) is 2.87. The van der Waals surface area contributed by atoms with E-state index in [-0.39, 0.29) is 11.5 Å². The summed E-state index contributed by atoms with van der Waals surface area (Å²) < 4.78 is 14.9. The highest BCUT2D eigenvalue weighted by molar-refractivity contribution is 7.18. The lowest BCUT2D eigenvalue weighted by Gasteiger charge is -2.10. The standard InChI is InChI=1S/C24H23N7O3S/c1-33-17-8-7-15(11-18(17)34-2)12-21-28-24(25)29-31(21)20-13-23(32)30(14-26-20)10-9-22-27-16-5-3-4-6-19(16)35-22/h3-8,11,13-14H,9-10,12H2,1-2H3,(H2,25,29). The Morgan fingerprint density at radius 2 is 1.86 bits per heavy atom. The number of aryl methyl sites for hydroxylation is 2. The van der Waals surface area contributed by atoms with E-state index in [0.717, 1.165) is 20.8 Å². The molecule has 0 bridgehead atoms. The molecule has 0 aliphatic rings. The zero-order valence-corrected chi connectivity index (χ0v) is 20.0. The quantitative estimate of drug-likeness (QED) is 0.353. The van der Waals surface area contributed by atoms with Crippen LogP contribution in [0.5, 0.6) is 11.5 Å². The fourth-order valence-corrected chi connectivity index (χ4v) is 4.73. The molecule has 5 rings (SSSR count). The number of thiazole rings is 1. The number of anilines is 1. The topological polar surface area (TPSA) is 123 Å². The first-order chi connectivity index (χ1) is 17.0. The number of hydrogen-bond donors (Lipinski definition) is 1. The second-order valence-electron chi connectivity index (χ2n) is 7.77. The summed E-state index contributed by atoms with van der Waals surface area (Å²) in [5.74, 6) is 2.24. The summed E-state index contributed by atoms with van der Waals surface area (Å²) in [5.41, 5.74) is 7.58. The average Bonchev–Trinajstić information content (AvgIpc) is 3.45. The average molecular weight is 490 g/mol. The summed E-state index contributed by atoms with van der Waals surface area (Å²) in [6.45, 7) is 0.476. The summed E-state index contributed by atoms with van der Waals surface area (Å²) >= 11 is 1.63. The minimum atomic E-state index is -0.192. The van der Waals surface area contributed by atoms with Crippen molar-refractivity contribution in [3.8, 4) is 17.3 Å². The van der Waals surface area contributed by atoms with Crippen LogP contribution in [-0.2, 0) is 19.4 Å². The number of para-hydroxylation sites is 1. The maximum absolute atomic E-state index is 12.8. The van der Waals surface area contributed by atoms with Crippen molar-refractivity contribution >= 4 is 27.5 Å². The van der Waals surface area contributed by atoms with E-state index in [1.54, 1.807) is 30.1 Å². The first kappa shape index (κ1) is 22.5. The highest BCUT2D eigenvalue weighted by Gasteiger charge is 2.15. The van der Waals surface area contributed by atoms with Crippen LogP contribution in [0.3, 0.4) is 0 Å². The van der Waals surface area contributed by atoms with Gasteiger partial charge < -0.3 is 15.2 Å². The van der Waals surface area contributed by atoms with E-state index in [0.29, 0.717) is 42.5 Å². The van der Waals surface area contributed by atoms with Crippen molar-refractivity contribution in [1.82, 2.24) is 29.3 Å². The van der Waals surface area contributed by atoms with Gasteiger partial charge in [0.15, 0.2) is 17.3 Å². The molecule has 0 fully saturated rings.